The van der Waals surface area contributed by atoms with Crippen molar-refractivity contribution in [2.75, 3.05) is 0 Å². The normalized spacial score (nSPS) is 13.7. The summed E-state index contributed by atoms with van der Waals surface area (Å²) in [5.74, 6) is 0.0556. The zero-order valence-corrected chi connectivity index (χ0v) is 19.2. The Hall–Kier alpha value is -1.68. The monoisotopic (exact) mass is 417 g/mol. The first-order valence-corrected chi connectivity index (χ1v) is 12.3. The second-order valence-electron chi connectivity index (χ2n) is 8.90. The minimum atomic E-state index is -0.587. The minimum absolute atomic E-state index is 0.0278. The van der Waals surface area contributed by atoms with E-state index in [2.05, 4.69) is 6.92 Å². The van der Waals surface area contributed by atoms with Gasteiger partial charge in [-0.25, -0.2) is 0 Å². The fraction of sp³-hybridized carbons (Fsp3) is 0.692. The summed E-state index contributed by atoms with van der Waals surface area (Å²) >= 11 is 0. The molecule has 30 heavy (non-hydrogen) atoms. The molecule has 0 fully saturated rings. The van der Waals surface area contributed by atoms with Gasteiger partial charge < -0.3 is 15.3 Å². The van der Waals surface area contributed by atoms with Gasteiger partial charge in [-0.05, 0) is 25.5 Å². The maximum Gasteiger partial charge on any atom is 0.202 e. The highest BCUT2D eigenvalue weighted by molar-refractivity contribution is 5.92. The number of aromatic hydroxyl groups is 2. The molecule has 4 heteroatoms. The first-order valence-electron chi connectivity index (χ1n) is 12.3. The largest absolute Gasteiger partial charge is 0.494 e. The van der Waals surface area contributed by atoms with E-state index in [1.807, 2.05) is 19.1 Å². The van der Waals surface area contributed by atoms with Crippen molar-refractivity contribution in [1.82, 2.24) is 4.57 Å². The number of fused-ring (bicyclic) bond motifs is 1. The lowest BCUT2D eigenvalue weighted by atomic mass is 10.0. The van der Waals surface area contributed by atoms with E-state index in [4.69, 9.17) is 0 Å². The molecule has 1 aromatic carbocycles. The van der Waals surface area contributed by atoms with Crippen molar-refractivity contribution in [3.05, 3.63) is 24.3 Å². The van der Waals surface area contributed by atoms with Crippen molar-refractivity contribution < 1.29 is 15.3 Å². The molecule has 0 amide bonds. The highest BCUT2D eigenvalue weighted by Crippen LogP contribution is 2.39. The number of hydrogen-bond acceptors (Lipinski definition) is 3. The van der Waals surface area contributed by atoms with Crippen LogP contribution >= 0.6 is 0 Å². The van der Waals surface area contributed by atoms with Crippen LogP contribution in [0.3, 0.4) is 0 Å². The molecular formula is C26H43NO3. The van der Waals surface area contributed by atoms with E-state index in [0.717, 1.165) is 12.8 Å². The van der Waals surface area contributed by atoms with Crippen LogP contribution in [0.1, 0.15) is 110 Å². The van der Waals surface area contributed by atoms with E-state index < -0.39 is 6.10 Å². The first-order chi connectivity index (χ1) is 14.6. The number of rotatable bonds is 16. The van der Waals surface area contributed by atoms with Gasteiger partial charge in [-0.3, -0.25) is 4.57 Å². The summed E-state index contributed by atoms with van der Waals surface area (Å²) in [4.78, 5) is 0. The molecule has 170 valence electrons. The average Bonchev–Trinajstić information content (AvgIpc) is 3.01. The molecule has 1 heterocycles. The zero-order chi connectivity index (χ0) is 21.8. The SMILES string of the molecule is CCCCCCCCCCCCCCCC(O)[C@H](C)n1c(O)c2ccccc2c1O. The molecule has 1 unspecified atom stereocenters. The fourth-order valence-electron chi connectivity index (χ4n) is 4.40. The van der Waals surface area contributed by atoms with Crippen LogP contribution in [-0.2, 0) is 0 Å². The van der Waals surface area contributed by atoms with Crippen molar-refractivity contribution >= 4 is 10.8 Å². The lowest BCUT2D eigenvalue weighted by Gasteiger charge is -2.22. The van der Waals surface area contributed by atoms with E-state index in [9.17, 15) is 15.3 Å². The summed E-state index contributed by atoms with van der Waals surface area (Å²) in [6.45, 7) is 4.12. The van der Waals surface area contributed by atoms with Crippen LogP contribution < -0.4 is 0 Å². The van der Waals surface area contributed by atoms with Gasteiger partial charge in [0.05, 0.1) is 12.1 Å². The Balaban J connectivity index is 1.58. The molecule has 0 spiro atoms. The molecule has 0 radical (unpaired) electrons. The van der Waals surface area contributed by atoms with Gasteiger partial charge in [-0.1, -0.05) is 103 Å². The van der Waals surface area contributed by atoms with Crippen molar-refractivity contribution in [2.45, 2.75) is 116 Å². The standard InChI is InChI=1S/C26H43NO3/c1-3-4-5-6-7-8-9-10-11-12-13-14-15-20-24(28)21(2)27-25(29)22-18-16-17-19-23(22)26(27)30/h16-19,21,24,28-30H,3-15,20H2,1-2H3/t21-,24?/m0/s1. The van der Waals surface area contributed by atoms with Crippen LogP contribution in [0.25, 0.3) is 10.8 Å². The molecule has 0 aliphatic heterocycles. The van der Waals surface area contributed by atoms with Crippen LogP contribution in [0.2, 0.25) is 0 Å². The Labute approximate surface area is 182 Å². The van der Waals surface area contributed by atoms with Crippen LogP contribution in [0.5, 0.6) is 11.8 Å². The molecule has 2 rings (SSSR count). The Morgan fingerprint density at radius 1 is 0.700 bits per heavy atom. The van der Waals surface area contributed by atoms with Crippen LogP contribution in [0.15, 0.2) is 24.3 Å². The molecule has 0 saturated carbocycles. The highest BCUT2D eigenvalue weighted by Gasteiger charge is 2.24. The summed E-state index contributed by atoms with van der Waals surface area (Å²) in [6, 6.07) is 6.87. The Morgan fingerprint density at radius 2 is 1.10 bits per heavy atom. The number of unbranched alkanes of at least 4 members (excludes halogenated alkanes) is 12. The van der Waals surface area contributed by atoms with Crippen molar-refractivity contribution in [2.24, 2.45) is 0 Å². The summed E-state index contributed by atoms with van der Waals surface area (Å²) in [6.07, 6.45) is 17.1. The summed E-state index contributed by atoms with van der Waals surface area (Å²) in [5.41, 5.74) is 0. The number of aromatic nitrogens is 1. The molecule has 4 nitrogen and oxygen atoms in total. The quantitative estimate of drug-likeness (QED) is 0.248. The highest BCUT2D eigenvalue weighted by atomic mass is 16.3. The summed E-state index contributed by atoms with van der Waals surface area (Å²) in [7, 11) is 0. The second kappa shape index (κ2) is 13.6. The number of aliphatic hydroxyl groups is 1. The van der Waals surface area contributed by atoms with Gasteiger partial charge in [0, 0.05) is 10.8 Å². The number of benzene rings is 1. The van der Waals surface area contributed by atoms with Crippen LogP contribution in [-0.4, -0.2) is 26.0 Å². The maximum atomic E-state index is 10.6. The lowest BCUT2D eigenvalue weighted by Crippen LogP contribution is -2.21. The Bertz CT molecular complexity index is 685. The predicted octanol–water partition coefficient (Wildman–Crippen LogP) is 7.46. The van der Waals surface area contributed by atoms with Crippen molar-refractivity contribution in [3.63, 3.8) is 0 Å². The van der Waals surface area contributed by atoms with Crippen LogP contribution in [0, 0.1) is 0 Å². The maximum absolute atomic E-state index is 10.6. The van der Waals surface area contributed by atoms with Gasteiger partial charge in [0.2, 0.25) is 11.8 Å². The van der Waals surface area contributed by atoms with Gasteiger partial charge in [0.1, 0.15) is 0 Å². The fourth-order valence-corrected chi connectivity index (χ4v) is 4.40. The Kier molecular flexibility index (Phi) is 11.1. The van der Waals surface area contributed by atoms with Gasteiger partial charge in [-0.2, -0.15) is 0 Å². The predicted molar refractivity (Wildman–Crippen MR) is 126 cm³/mol. The number of hydrogen-bond donors (Lipinski definition) is 3. The van der Waals surface area contributed by atoms with Crippen molar-refractivity contribution in [3.8, 4) is 11.8 Å². The molecule has 0 aliphatic carbocycles. The van der Waals surface area contributed by atoms with Gasteiger partial charge >= 0.3 is 0 Å². The minimum Gasteiger partial charge on any atom is -0.494 e. The van der Waals surface area contributed by atoms with E-state index in [0.29, 0.717) is 17.2 Å². The van der Waals surface area contributed by atoms with E-state index >= 15 is 0 Å². The molecular weight excluding hydrogens is 374 g/mol. The summed E-state index contributed by atoms with van der Waals surface area (Å²) in [5, 5.41) is 32.8. The van der Waals surface area contributed by atoms with Gasteiger partial charge in [0.15, 0.2) is 0 Å². The smallest absolute Gasteiger partial charge is 0.202 e. The molecule has 2 aromatic rings. The lowest BCUT2D eigenvalue weighted by molar-refractivity contribution is 0.101. The third kappa shape index (κ3) is 7.23. The number of aliphatic hydroxyl groups excluding tert-OH is 1. The molecule has 0 aliphatic rings. The third-order valence-electron chi connectivity index (χ3n) is 6.43. The first kappa shape index (κ1) is 24.6. The summed E-state index contributed by atoms with van der Waals surface area (Å²) < 4.78 is 1.46. The topological polar surface area (TPSA) is 65.6 Å². The zero-order valence-electron chi connectivity index (χ0n) is 19.2. The van der Waals surface area contributed by atoms with E-state index in [1.165, 1.54) is 75.2 Å². The van der Waals surface area contributed by atoms with E-state index in [-0.39, 0.29) is 17.8 Å². The van der Waals surface area contributed by atoms with Gasteiger partial charge in [-0.15, -0.1) is 0 Å². The number of nitrogens with zero attached hydrogens (tertiary/aromatic N) is 1. The molecule has 1 aromatic heterocycles. The molecule has 3 N–H and O–H groups in total. The van der Waals surface area contributed by atoms with Crippen molar-refractivity contribution in [1.29, 1.82) is 0 Å². The Morgan fingerprint density at radius 3 is 1.53 bits per heavy atom. The molecule has 2 atom stereocenters. The van der Waals surface area contributed by atoms with Gasteiger partial charge in [0.25, 0.3) is 0 Å². The van der Waals surface area contributed by atoms with Crippen LogP contribution in [0.4, 0.5) is 0 Å². The third-order valence-corrected chi connectivity index (χ3v) is 6.43. The molecule has 0 saturated heterocycles. The van der Waals surface area contributed by atoms with E-state index in [1.54, 1.807) is 12.1 Å². The molecule has 0 bridgehead atoms. The average molecular weight is 418 g/mol. The second-order valence-corrected chi connectivity index (χ2v) is 8.90.